The van der Waals surface area contributed by atoms with E-state index in [1.807, 2.05) is 0 Å². The van der Waals surface area contributed by atoms with Crippen LogP contribution in [-0.2, 0) is 19.9 Å². The lowest BCUT2D eigenvalue weighted by molar-refractivity contribution is -0.148. The Balaban J connectivity index is 1.97. The van der Waals surface area contributed by atoms with Crippen molar-refractivity contribution in [3.63, 3.8) is 0 Å². The van der Waals surface area contributed by atoms with Crippen molar-refractivity contribution in [2.24, 2.45) is 0 Å². The summed E-state index contributed by atoms with van der Waals surface area (Å²) in [6, 6.07) is 13.4. The molecule has 140 valence electrons. The van der Waals surface area contributed by atoms with Gasteiger partial charge in [0.2, 0.25) is 11.8 Å². The molecule has 2 aromatic carbocycles. The van der Waals surface area contributed by atoms with Crippen molar-refractivity contribution in [2.75, 3.05) is 5.32 Å². The van der Waals surface area contributed by atoms with Crippen LogP contribution in [0.5, 0.6) is 0 Å². The molecular formula is C20H19ClN2O4. The summed E-state index contributed by atoms with van der Waals surface area (Å²) in [5.41, 5.74) is 0.0487. The number of anilines is 1. The second-order valence-corrected chi connectivity index (χ2v) is 6.89. The highest BCUT2D eigenvalue weighted by molar-refractivity contribution is 6.30. The third-order valence-corrected chi connectivity index (χ3v) is 5.14. The summed E-state index contributed by atoms with van der Waals surface area (Å²) in [7, 11) is 0. The Hall–Kier alpha value is -2.86. The first-order chi connectivity index (χ1) is 12.9. The molecule has 27 heavy (non-hydrogen) atoms. The zero-order valence-corrected chi connectivity index (χ0v) is 15.4. The minimum Gasteiger partial charge on any atom is -0.479 e. The van der Waals surface area contributed by atoms with E-state index in [4.69, 9.17) is 11.6 Å². The number of nitrogens with one attached hydrogen (secondary N) is 2. The van der Waals surface area contributed by atoms with E-state index in [1.54, 1.807) is 55.5 Å². The molecule has 1 heterocycles. The lowest BCUT2D eigenvalue weighted by atomic mass is 9.84. The number of benzene rings is 2. The fourth-order valence-electron chi connectivity index (χ4n) is 3.37. The molecule has 0 bridgehead atoms. The number of aliphatic carboxylic acids is 1. The summed E-state index contributed by atoms with van der Waals surface area (Å²) in [6.45, 7) is 1.69. The van der Waals surface area contributed by atoms with Gasteiger partial charge in [-0.2, -0.15) is 0 Å². The van der Waals surface area contributed by atoms with E-state index < -0.39 is 23.3 Å². The molecule has 0 aliphatic carbocycles. The second kappa shape index (κ2) is 7.40. The van der Waals surface area contributed by atoms with Crippen LogP contribution in [0.25, 0.3) is 0 Å². The van der Waals surface area contributed by atoms with Crippen molar-refractivity contribution < 1.29 is 19.5 Å². The van der Waals surface area contributed by atoms with Crippen molar-refractivity contribution in [1.29, 1.82) is 0 Å². The summed E-state index contributed by atoms with van der Waals surface area (Å²) >= 11 is 5.91. The average molecular weight is 387 g/mol. The van der Waals surface area contributed by atoms with E-state index >= 15 is 0 Å². The molecule has 0 saturated carbocycles. The van der Waals surface area contributed by atoms with Crippen molar-refractivity contribution in [3.8, 4) is 0 Å². The van der Waals surface area contributed by atoms with Crippen LogP contribution >= 0.6 is 11.6 Å². The standard InChI is InChI=1S/C20H19ClN2O4/c1-2-20(19(26)27,12-7-9-13(21)10-8-12)23-18(25)15-11-17(24)22-16-6-4-3-5-14(15)16/h3-10,15H,2,11H2,1H3,(H,22,24)(H,23,25)(H,26,27). The molecular weight excluding hydrogens is 368 g/mol. The number of carboxylic acid groups (broad SMARTS) is 1. The lowest BCUT2D eigenvalue weighted by Crippen LogP contribution is -2.53. The maximum absolute atomic E-state index is 13.0. The third kappa shape index (κ3) is 3.53. The van der Waals surface area contributed by atoms with Gasteiger partial charge in [-0.1, -0.05) is 48.9 Å². The second-order valence-electron chi connectivity index (χ2n) is 6.45. The zero-order valence-electron chi connectivity index (χ0n) is 14.7. The first kappa shape index (κ1) is 18.9. The number of hydrogen-bond donors (Lipinski definition) is 3. The molecule has 2 unspecified atom stereocenters. The van der Waals surface area contributed by atoms with E-state index in [9.17, 15) is 19.5 Å². The largest absolute Gasteiger partial charge is 0.479 e. The number of carbonyl (C=O) groups excluding carboxylic acids is 2. The van der Waals surface area contributed by atoms with Crippen LogP contribution in [0.15, 0.2) is 48.5 Å². The van der Waals surface area contributed by atoms with E-state index in [0.29, 0.717) is 21.8 Å². The topological polar surface area (TPSA) is 95.5 Å². The number of carboxylic acids is 1. The lowest BCUT2D eigenvalue weighted by Gasteiger charge is -2.33. The molecule has 3 rings (SSSR count). The molecule has 3 N–H and O–H groups in total. The van der Waals surface area contributed by atoms with Gasteiger partial charge in [0.1, 0.15) is 0 Å². The highest BCUT2D eigenvalue weighted by Gasteiger charge is 2.43. The summed E-state index contributed by atoms with van der Waals surface area (Å²) in [5, 5.41) is 15.8. The van der Waals surface area contributed by atoms with E-state index in [0.717, 1.165) is 0 Å². The molecule has 0 saturated heterocycles. The van der Waals surface area contributed by atoms with E-state index in [1.165, 1.54) is 0 Å². The smallest absolute Gasteiger partial charge is 0.334 e. The number of fused-ring (bicyclic) bond motifs is 1. The molecule has 2 amide bonds. The number of carbonyl (C=O) groups is 3. The number of rotatable bonds is 5. The number of halogens is 1. The summed E-state index contributed by atoms with van der Waals surface area (Å²) < 4.78 is 0. The van der Waals surface area contributed by atoms with Crippen molar-refractivity contribution >= 4 is 35.1 Å². The van der Waals surface area contributed by atoms with Gasteiger partial charge < -0.3 is 15.7 Å². The predicted octanol–water partition coefficient (Wildman–Crippen LogP) is 3.27. The molecule has 0 fully saturated rings. The SMILES string of the molecule is CCC(NC(=O)C1CC(=O)Nc2ccccc21)(C(=O)O)c1ccc(Cl)cc1. The van der Waals surface area contributed by atoms with Gasteiger partial charge in [0.25, 0.3) is 0 Å². The van der Waals surface area contributed by atoms with Gasteiger partial charge >= 0.3 is 5.97 Å². The zero-order chi connectivity index (χ0) is 19.6. The Labute approximate surface area is 161 Å². The van der Waals surface area contributed by atoms with Gasteiger partial charge in [-0.15, -0.1) is 0 Å². The summed E-state index contributed by atoms with van der Waals surface area (Å²) in [4.78, 5) is 37.2. The molecule has 0 spiro atoms. The average Bonchev–Trinajstić information content (AvgIpc) is 2.65. The number of amides is 2. The van der Waals surface area contributed by atoms with Crippen molar-refractivity contribution in [2.45, 2.75) is 31.2 Å². The molecule has 6 nitrogen and oxygen atoms in total. The molecule has 0 aromatic heterocycles. The first-order valence-corrected chi connectivity index (χ1v) is 8.95. The van der Waals surface area contributed by atoms with Crippen LogP contribution < -0.4 is 10.6 Å². The van der Waals surface area contributed by atoms with Gasteiger partial charge in [-0.05, 0) is 35.7 Å². The number of hydrogen-bond acceptors (Lipinski definition) is 3. The first-order valence-electron chi connectivity index (χ1n) is 8.57. The Morgan fingerprint density at radius 1 is 1.22 bits per heavy atom. The fraction of sp³-hybridized carbons (Fsp3) is 0.250. The highest BCUT2D eigenvalue weighted by atomic mass is 35.5. The van der Waals surface area contributed by atoms with Crippen LogP contribution in [0.4, 0.5) is 5.69 Å². The minimum absolute atomic E-state index is 0.0388. The van der Waals surface area contributed by atoms with Gasteiger partial charge in [-0.3, -0.25) is 9.59 Å². The molecule has 7 heteroatoms. The Bertz CT molecular complexity index is 897. The molecule has 1 aliphatic rings. The van der Waals surface area contributed by atoms with Gasteiger partial charge in [0, 0.05) is 17.1 Å². The van der Waals surface area contributed by atoms with Crippen molar-refractivity contribution in [1.82, 2.24) is 5.32 Å². The summed E-state index contributed by atoms with van der Waals surface area (Å²) in [6.07, 6.45) is 0.0964. The van der Waals surface area contributed by atoms with Gasteiger partial charge in [0.15, 0.2) is 5.54 Å². The maximum Gasteiger partial charge on any atom is 0.334 e. The molecule has 2 atom stereocenters. The third-order valence-electron chi connectivity index (χ3n) is 4.89. The van der Waals surface area contributed by atoms with Crippen LogP contribution in [0.1, 0.15) is 36.8 Å². The van der Waals surface area contributed by atoms with Crippen LogP contribution in [0.3, 0.4) is 0 Å². The highest BCUT2D eigenvalue weighted by Crippen LogP contribution is 2.34. The van der Waals surface area contributed by atoms with E-state index in [2.05, 4.69) is 10.6 Å². The van der Waals surface area contributed by atoms with Gasteiger partial charge in [-0.25, -0.2) is 4.79 Å². The monoisotopic (exact) mass is 386 g/mol. The predicted molar refractivity (Wildman–Crippen MR) is 102 cm³/mol. The van der Waals surface area contributed by atoms with E-state index in [-0.39, 0.29) is 18.7 Å². The molecule has 2 aromatic rings. The Morgan fingerprint density at radius 2 is 1.89 bits per heavy atom. The molecule has 0 radical (unpaired) electrons. The van der Waals surface area contributed by atoms with Crippen molar-refractivity contribution in [3.05, 3.63) is 64.7 Å². The minimum atomic E-state index is -1.61. The summed E-state index contributed by atoms with van der Waals surface area (Å²) in [5.74, 6) is -2.71. The fourth-order valence-corrected chi connectivity index (χ4v) is 3.50. The van der Waals surface area contributed by atoms with Crippen LogP contribution in [0.2, 0.25) is 5.02 Å². The van der Waals surface area contributed by atoms with Crippen LogP contribution in [-0.4, -0.2) is 22.9 Å². The van der Waals surface area contributed by atoms with Gasteiger partial charge in [0.05, 0.1) is 5.92 Å². The Morgan fingerprint density at radius 3 is 2.52 bits per heavy atom. The normalized spacial score (nSPS) is 18.0. The Kier molecular flexibility index (Phi) is 5.19. The molecule has 1 aliphatic heterocycles. The maximum atomic E-state index is 13.0. The van der Waals surface area contributed by atoms with Crippen LogP contribution in [0, 0.1) is 0 Å². The number of para-hydroxylation sites is 1. The quantitative estimate of drug-likeness (QED) is 0.734.